The zero-order chi connectivity index (χ0) is 22.9. The van der Waals surface area contributed by atoms with E-state index >= 15 is 0 Å². The second-order valence-corrected chi connectivity index (χ2v) is 10.5. The van der Waals surface area contributed by atoms with Crippen LogP contribution in [0.25, 0.3) is 0 Å². The molecule has 0 saturated carbocycles. The van der Waals surface area contributed by atoms with Crippen molar-refractivity contribution in [3.05, 3.63) is 62.8 Å². The van der Waals surface area contributed by atoms with Gasteiger partial charge in [0.15, 0.2) is 10.5 Å². The molecule has 3 rings (SSSR count). The summed E-state index contributed by atoms with van der Waals surface area (Å²) in [7, 11) is 0. The average molecular weight is 522 g/mol. The van der Waals surface area contributed by atoms with Gasteiger partial charge < -0.3 is 5.32 Å². The number of carbonyl (C=O) groups is 1. The Bertz CT molecular complexity index is 1050. The van der Waals surface area contributed by atoms with E-state index < -0.39 is 22.8 Å². The van der Waals surface area contributed by atoms with Crippen LogP contribution in [0.4, 0.5) is 14.9 Å². The second kappa shape index (κ2) is 9.48. The summed E-state index contributed by atoms with van der Waals surface area (Å²) >= 11 is 24.5. The maximum atomic E-state index is 14.1. The monoisotopic (exact) mass is 520 g/mol. The van der Waals surface area contributed by atoms with Gasteiger partial charge in [0.1, 0.15) is 5.82 Å². The number of hydrazone groups is 1. The third-order valence-electron chi connectivity index (χ3n) is 4.31. The van der Waals surface area contributed by atoms with E-state index in [-0.39, 0.29) is 15.6 Å². The number of anilines is 1. The molecule has 0 radical (unpaired) electrons. The first-order valence-corrected chi connectivity index (χ1v) is 11.1. The molecule has 0 aliphatic carbocycles. The summed E-state index contributed by atoms with van der Waals surface area (Å²) in [4.78, 5) is 12.7. The Morgan fingerprint density at radius 1 is 1.29 bits per heavy atom. The van der Waals surface area contributed by atoms with E-state index in [0.29, 0.717) is 20.1 Å². The number of urea groups is 1. The molecule has 1 saturated heterocycles. The fourth-order valence-electron chi connectivity index (χ4n) is 2.85. The first kappa shape index (κ1) is 24.0. The van der Waals surface area contributed by atoms with Crippen LogP contribution >= 0.6 is 58.8 Å². The maximum Gasteiger partial charge on any atom is 0.347 e. The molecule has 1 unspecified atom stereocenters. The molecule has 1 aliphatic heterocycles. The standard InChI is InChI=1S/C19H16Cl3FN4O2S2/c1-19(2)16(27(29)17(28)25-10-6-7-13(21)14(22)8-10)26(18(30)31-19)24-9-11-12(20)4-3-5-15(11)23/h3-9,16,29H,1-2H3,(H,25,28)/b24-9+. The van der Waals surface area contributed by atoms with Gasteiger partial charge in [-0.3, -0.25) is 5.21 Å². The summed E-state index contributed by atoms with van der Waals surface area (Å²) in [5.41, 5.74) is 0.392. The van der Waals surface area contributed by atoms with Gasteiger partial charge in [-0.05, 0) is 44.2 Å². The van der Waals surface area contributed by atoms with Crippen molar-refractivity contribution in [3.63, 3.8) is 0 Å². The predicted octanol–water partition coefficient (Wildman–Crippen LogP) is 6.48. The minimum absolute atomic E-state index is 0.0603. The van der Waals surface area contributed by atoms with Crippen molar-refractivity contribution in [2.24, 2.45) is 5.10 Å². The molecule has 1 fully saturated rings. The SMILES string of the molecule is CC1(C)SC(=S)N(/N=C/c2c(F)cccc2Cl)C1N(O)C(=O)Nc1ccc(Cl)c(Cl)c1. The van der Waals surface area contributed by atoms with Crippen molar-refractivity contribution in [2.75, 3.05) is 5.32 Å². The normalized spacial score (nSPS) is 18.0. The van der Waals surface area contributed by atoms with Crippen LogP contribution in [0, 0.1) is 5.82 Å². The molecule has 2 N–H and O–H groups in total. The lowest BCUT2D eigenvalue weighted by atomic mass is 10.1. The summed E-state index contributed by atoms with van der Waals surface area (Å²) in [6, 6.07) is 7.90. The number of nitrogens with zero attached hydrogens (tertiary/aromatic N) is 3. The van der Waals surface area contributed by atoms with Gasteiger partial charge in [-0.2, -0.15) is 10.2 Å². The summed E-state index contributed by atoms with van der Waals surface area (Å²) in [6.07, 6.45) is 0.207. The van der Waals surface area contributed by atoms with Crippen LogP contribution in [0.5, 0.6) is 0 Å². The van der Waals surface area contributed by atoms with Crippen LogP contribution in [-0.2, 0) is 0 Å². The van der Waals surface area contributed by atoms with E-state index in [0.717, 1.165) is 0 Å². The molecule has 1 heterocycles. The molecular weight excluding hydrogens is 506 g/mol. The molecule has 2 aromatic carbocycles. The molecule has 1 atom stereocenters. The highest BCUT2D eigenvalue weighted by Gasteiger charge is 2.50. The van der Waals surface area contributed by atoms with Gasteiger partial charge in [-0.1, -0.05) is 64.8 Å². The zero-order valence-corrected chi connectivity index (χ0v) is 20.0. The zero-order valence-electron chi connectivity index (χ0n) is 16.1. The van der Waals surface area contributed by atoms with E-state index in [2.05, 4.69) is 10.4 Å². The smallest absolute Gasteiger partial charge is 0.306 e. The number of hydrogen-bond acceptors (Lipinski definition) is 5. The maximum absolute atomic E-state index is 14.1. The Labute approximate surface area is 202 Å². The van der Waals surface area contributed by atoms with E-state index in [1.165, 1.54) is 59.4 Å². The molecule has 6 nitrogen and oxygen atoms in total. The average Bonchev–Trinajstić information content (AvgIpc) is 2.91. The first-order chi connectivity index (χ1) is 14.5. The molecule has 0 spiro atoms. The van der Waals surface area contributed by atoms with E-state index in [4.69, 9.17) is 47.0 Å². The molecule has 2 amide bonds. The minimum atomic E-state index is -0.991. The van der Waals surface area contributed by atoms with Crippen LogP contribution < -0.4 is 5.32 Å². The number of hydroxylamine groups is 2. The number of hydrogen-bond donors (Lipinski definition) is 2. The summed E-state index contributed by atoms with van der Waals surface area (Å²) in [5, 5.41) is 19.9. The number of halogens is 4. The van der Waals surface area contributed by atoms with Crippen molar-refractivity contribution in [2.45, 2.75) is 24.8 Å². The van der Waals surface area contributed by atoms with E-state index in [9.17, 15) is 14.4 Å². The molecular formula is C19H16Cl3FN4O2S2. The Kier molecular flexibility index (Phi) is 7.35. The largest absolute Gasteiger partial charge is 0.347 e. The highest BCUT2D eigenvalue weighted by atomic mass is 35.5. The number of nitrogens with one attached hydrogen (secondary N) is 1. The van der Waals surface area contributed by atoms with Crippen LogP contribution in [0.1, 0.15) is 19.4 Å². The number of thioether (sulfide) groups is 1. The number of thiocarbonyl (C=S) groups is 1. The minimum Gasteiger partial charge on any atom is -0.306 e. The Morgan fingerprint density at radius 2 is 2.00 bits per heavy atom. The number of rotatable bonds is 4. The summed E-state index contributed by atoms with van der Waals surface area (Å²) in [5.74, 6) is -0.567. The highest BCUT2D eigenvalue weighted by Crippen LogP contribution is 2.42. The molecule has 1 aliphatic rings. The van der Waals surface area contributed by atoms with E-state index in [1.807, 2.05) is 0 Å². The molecule has 0 aromatic heterocycles. The molecule has 0 bridgehead atoms. The fraction of sp³-hybridized carbons (Fsp3) is 0.211. The van der Waals surface area contributed by atoms with Crippen molar-refractivity contribution in [3.8, 4) is 0 Å². The van der Waals surface area contributed by atoms with Gasteiger partial charge in [0.25, 0.3) is 0 Å². The van der Waals surface area contributed by atoms with Gasteiger partial charge in [0.05, 0.1) is 26.0 Å². The number of benzene rings is 2. The van der Waals surface area contributed by atoms with Gasteiger partial charge in [0.2, 0.25) is 0 Å². The van der Waals surface area contributed by atoms with E-state index in [1.54, 1.807) is 13.8 Å². The van der Waals surface area contributed by atoms with Gasteiger partial charge in [0, 0.05) is 11.3 Å². The molecule has 164 valence electrons. The fourth-order valence-corrected chi connectivity index (χ4v) is 5.14. The number of amides is 2. The third kappa shape index (κ3) is 5.24. The van der Waals surface area contributed by atoms with Crippen LogP contribution in [0.2, 0.25) is 15.1 Å². The van der Waals surface area contributed by atoms with Crippen molar-refractivity contribution in [1.29, 1.82) is 0 Å². The van der Waals surface area contributed by atoms with Gasteiger partial charge in [-0.15, -0.1) is 0 Å². The lowest BCUT2D eigenvalue weighted by Gasteiger charge is -2.34. The second-order valence-electron chi connectivity index (χ2n) is 6.97. The molecule has 12 heteroatoms. The Hall–Kier alpha value is -1.62. The quantitative estimate of drug-likeness (QED) is 0.209. The molecule has 31 heavy (non-hydrogen) atoms. The van der Waals surface area contributed by atoms with Crippen LogP contribution in [0.15, 0.2) is 41.5 Å². The van der Waals surface area contributed by atoms with Crippen molar-refractivity contribution in [1.82, 2.24) is 10.1 Å². The van der Waals surface area contributed by atoms with Crippen molar-refractivity contribution < 1.29 is 14.4 Å². The topological polar surface area (TPSA) is 68.2 Å². The van der Waals surface area contributed by atoms with Crippen LogP contribution in [0.3, 0.4) is 0 Å². The summed E-state index contributed by atoms with van der Waals surface area (Å²) in [6.45, 7) is 3.58. The lowest BCUT2D eigenvalue weighted by molar-refractivity contribution is -0.114. The Morgan fingerprint density at radius 3 is 2.65 bits per heavy atom. The predicted molar refractivity (Wildman–Crippen MR) is 128 cm³/mol. The van der Waals surface area contributed by atoms with Gasteiger partial charge in [-0.25, -0.2) is 14.2 Å². The van der Waals surface area contributed by atoms with Crippen molar-refractivity contribution >= 4 is 81.0 Å². The van der Waals surface area contributed by atoms with Gasteiger partial charge >= 0.3 is 6.03 Å². The van der Waals surface area contributed by atoms with Crippen LogP contribution in [-0.4, -0.2) is 42.8 Å². The third-order valence-corrected chi connectivity index (χ3v) is 6.92. The highest BCUT2D eigenvalue weighted by molar-refractivity contribution is 8.24. The Balaban J connectivity index is 1.86. The number of carbonyl (C=O) groups excluding carboxylic acids is 1. The molecule has 2 aromatic rings. The lowest BCUT2D eigenvalue weighted by Crippen LogP contribution is -2.54. The summed E-state index contributed by atoms with van der Waals surface area (Å²) < 4.78 is 13.6. The first-order valence-electron chi connectivity index (χ1n) is 8.75.